The fourth-order valence-electron chi connectivity index (χ4n) is 0.470. The summed E-state index contributed by atoms with van der Waals surface area (Å²) < 4.78 is 110. The average molecular weight is 299 g/mol. The van der Waals surface area contributed by atoms with E-state index in [9.17, 15) is 39.5 Å². The number of rotatable bonds is 5. The number of hydrogen-bond donors (Lipinski definition) is 0. The first kappa shape index (κ1) is 16.6. The van der Waals surface area contributed by atoms with Crippen molar-refractivity contribution >= 4 is 12.0 Å². The molecular formula is C4F9O3S-. The van der Waals surface area contributed by atoms with Crippen LogP contribution in [0.2, 0.25) is 0 Å². The molecule has 0 heterocycles. The van der Waals surface area contributed by atoms with Crippen LogP contribution in [-0.4, -0.2) is 23.3 Å². The highest BCUT2D eigenvalue weighted by Crippen LogP contribution is 2.56. The van der Waals surface area contributed by atoms with Crippen LogP contribution in [0, 0.1) is 0 Å². The molecule has 17 heavy (non-hydrogen) atoms. The van der Waals surface area contributed by atoms with E-state index in [4.69, 9.17) is 5.26 Å². The Hall–Kier alpha value is -0.400. The van der Waals surface area contributed by atoms with E-state index in [0.29, 0.717) is 0 Å². The minimum Gasteiger partial charge on any atom is -0.691 e. The summed E-state index contributed by atoms with van der Waals surface area (Å²) in [5.74, 6) is -13.9. The molecule has 0 fully saturated rings. The Balaban J connectivity index is 5.24. The van der Waals surface area contributed by atoms with Crippen molar-refractivity contribution in [2.24, 2.45) is 0 Å². The van der Waals surface area contributed by atoms with Gasteiger partial charge in [0.15, 0.2) is 0 Å². The van der Waals surface area contributed by atoms with Crippen LogP contribution in [-0.2, 0) is 9.37 Å². The lowest BCUT2D eigenvalue weighted by atomic mass is 10.1. The molecule has 0 aliphatic heterocycles. The standard InChI is InChI=1S/C4HF9O3S/c5-1(6,3(9,10)11)2(7,8)4(12,13)17-16-15-14/h14H/p-1. The van der Waals surface area contributed by atoms with Gasteiger partial charge in [-0.2, -0.15) is 43.8 Å². The van der Waals surface area contributed by atoms with Crippen LogP contribution in [0.4, 0.5) is 39.5 Å². The topological polar surface area (TPSA) is 41.5 Å². The van der Waals surface area contributed by atoms with Crippen LogP contribution < -0.4 is 5.26 Å². The van der Waals surface area contributed by atoms with Gasteiger partial charge in [0, 0.05) is 0 Å². The Kier molecular flexibility index (Phi) is 4.59. The van der Waals surface area contributed by atoms with Crippen LogP contribution >= 0.6 is 12.0 Å². The monoisotopic (exact) mass is 299 g/mol. The molecule has 0 N–H and O–H groups in total. The molecule has 0 atom stereocenters. The Morgan fingerprint density at radius 3 is 1.47 bits per heavy atom. The lowest BCUT2D eigenvalue weighted by Crippen LogP contribution is -2.59. The van der Waals surface area contributed by atoms with E-state index < -0.39 is 35.3 Å². The smallest absolute Gasteiger partial charge is 0.460 e. The van der Waals surface area contributed by atoms with Crippen LogP contribution in [0.15, 0.2) is 0 Å². The van der Waals surface area contributed by atoms with E-state index in [1.165, 1.54) is 0 Å². The Labute approximate surface area is 90.5 Å². The third-order valence-electron chi connectivity index (χ3n) is 1.28. The zero-order valence-electron chi connectivity index (χ0n) is 7.03. The maximum Gasteiger partial charge on any atom is 0.460 e. The first-order valence-electron chi connectivity index (χ1n) is 3.15. The minimum atomic E-state index is -7.03. The quantitative estimate of drug-likeness (QED) is 0.338. The summed E-state index contributed by atoms with van der Waals surface area (Å²) in [4.78, 5) is 0. The molecule has 0 spiro atoms. The maximum atomic E-state index is 12.3. The number of hydrogen-bond acceptors (Lipinski definition) is 4. The SMILES string of the molecule is [O-]OOSC(F)(F)C(F)(F)C(F)(F)C(F)(F)F. The minimum absolute atomic E-state index is 1.97. The first-order valence-corrected chi connectivity index (χ1v) is 3.90. The lowest BCUT2D eigenvalue weighted by molar-refractivity contribution is -0.777. The zero-order valence-corrected chi connectivity index (χ0v) is 7.85. The van der Waals surface area contributed by atoms with Crippen molar-refractivity contribution < 1.29 is 54.1 Å². The van der Waals surface area contributed by atoms with Crippen molar-refractivity contribution in [3.05, 3.63) is 0 Å². The van der Waals surface area contributed by atoms with Gasteiger partial charge in [-0.1, -0.05) is 0 Å². The van der Waals surface area contributed by atoms with Crippen LogP contribution in [0.3, 0.4) is 0 Å². The van der Waals surface area contributed by atoms with Gasteiger partial charge in [-0.25, -0.2) is 0 Å². The van der Waals surface area contributed by atoms with Gasteiger partial charge >= 0.3 is 23.3 Å². The molecule has 3 nitrogen and oxygen atoms in total. The van der Waals surface area contributed by atoms with Gasteiger partial charge in [0.1, 0.15) is 12.0 Å². The van der Waals surface area contributed by atoms with Crippen molar-refractivity contribution in [3.8, 4) is 0 Å². The molecule has 0 radical (unpaired) electrons. The summed E-state index contributed by atoms with van der Waals surface area (Å²) in [6, 6.07) is 0. The molecule has 0 aliphatic carbocycles. The Morgan fingerprint density at radius 2 is 1.18 bits per heavy atom. The summed E-state index contributed by atoms with van der Waals surface area (Å²) in [5.41, 5.74) is 0. The summed E-state index contributed by atoms with van der Waals surface area (Å²) in [6.45, 7) is 0. The van der Waals surface area contributed by atoms with Gasteiger partial charge in [0.05, 0.1) is 0 Å². The molecule has 0 saturated carbocycles. The second-order valence-electron chi connectivity index (χ2n) is 2.38. The molecule has 0 aromatic rings. The average Bonchev–Trinajstić information content (AvgIpc) is 2.12. The molecule has 0 amide bonds. The molecule has 0 bridgehead atoms. The Morgan fingerprint density at radius 1 is 0.765 bits per heavy atom. The van der Waals surface area contributed by atoms with Crippen molar-refractivity contribution in [3.63, 3.8) is 0 Å². The zero-order chi connectivity index (χ0) is 14.1. The van der Waals surface area contributed by atoms with Gasteiger partial charge in [0.25, 0.3) is 0 Å². The Bertz CT molecular complexity index is 263. The summed E-state index contributed by atoms with van der Waals surface area (Å²) in [5, 5.41) is 5.12. The predicted octanol–water partition coefficient (Wildman–Crippen LogP) is 2.28. The lowest BCUT2D eigenvalue weighted by Gasteiger charge is -2.32. The third kappa shape index (κ3) is 2.89. The van der Waals surface area contributed by atoms with E-state index in [1.807, 2.05) is 0 Å². The van der Waals surface area contributed by atoms with Crippen LogP contribution in [0.25, 0.3) is 0 Å². The van der Waals surface area contributed by atoms with Gasteiger partial charge < -0.3 is 5.26 Å². The molecule has 13 heteroatoms. The summed E-state index contributed by atoms with van der Waals surface area (Å²) in [7, 11) is 0. The van der Waals surface area contributed by atoms with Gasteiger partial charge in [0.2, 0.25) is 0 Å². The van der Waals surface area contributed by atoms with Crippen LogP contribution in [0.1, 0.15) is 0 Å². The van der Waals surface area contributed by atoms with Crippen molar-refractivity contribution in [1.82, 2.24) is 0 Å². The van der Waals surface area contributed by atoms with Crippen molar-refractivity contribution in [2.75, 3.05) is 0 Å². The molecule has 0 aliphatic rings. The molecule has 0 aromatic carbocycles. The highest BCUT2D eigenvalue weighted by molar-refractivity contribution is 7.95. The maximum absolute atomic E-state index is 12.3. The normalized spacial score (nSPS) is 15.2. The number of alkyl halides is 9. The highest BCUT2D eigenvalue weighted by atomic mass is 32.2. The fourth-order valence-corrected chi connectivity index (χ4v) is 0.816. The van der Waals surface area contributed by atoms with E-state index >= 15 is 0 Å². The predicted molar refractivity (Wildman–Crippen MR) is 30.7 cm³/mol. The van der Waals surface area contributed by atoms with Gasteiger partial charge in [-0.15, -0.1) is 0 Å². The molecular weight excluding hydrogens is 299 g/mol. The van der Waals surface area contributed by atoms with Crippen LogP contribution in [0.5, 0.6) is 0 Å². The van der Waals surface area contributed by atoms with E-state index in [0.717, 1.165) is 0 Å². The van der Waals surface area contributed by atoms with Crippen molar-refractivity contribution in [2.45, 2.75) is 23.3 Å². The van der Waals surface area contributed by atoms with E-state index in [2.05, 4.69) is 9.37 Å². The highest BCUT2D eigenvalue weighted by Gasteiger charge is 2.82. The largest absolute Gasteiger partial charge is 0.691 e. The first-order chi connectivity index (χ1) is 7.31. The second kappa shape index (κ2) is 4.70. The summed E-state index contributed by atoms with van der Waals surface area (Å²) >= 11 is -1.97. The second-order valence-corrected chi connectivity index (χ2v) is 3.20. The molecule has 0 aromatic heterocycles. The molecule has 0 saturated heterocycles. The number of halogens is 9. The fraction of sp³-hybridized carbons (Fsp3) is 1.00. The van der Waals surface area contributed by atoms with E-state index in [-0.39, 0.29) is 0 Å². The third-order valence-corrected chi connectivity index (χ3v) is 1.87. The van der Waals surface area contributed by atoms with Gasteiger partial charge in [-0.3, -0.25) is 5.04 Å². The molecule has 0 unspecified atom stereocenters. The van der Waals surface area contributed by atoms with E-state index in [1.54, 1.807) is 0 Å². The summed E-state index contributed by atoms with van der Waals surface area (Å²) in [6.07, 6.45) is -6.92. The van der Waals surface area contributed by atoms with Crippen molar-refractivity contribution in [1.29, 1.82) is 0 Å². The molecule has 104 valence electrons. The molecule has 0 rings (SSSR count). The van der Waals surface area contributed by atoms with Gasteiger partial charge in [-0.05, 0) is 0 Å².